The summed E-state index contributed by atoms with van der Waals surface area (Å²) in [5.41, 5.74) is 5.86. The molecule has 0 aliphatic rings. The van der Waals surface area contributed by atoms with E-state index in [2.05, 4.69) is 5.32 Å². The molecule has 1 aromatic carbocycles. The number of amides is 2. The predicted molar refractivity (Wildman–Crippen MR) is 61.3 cm³/mol. The van der Waals surface area contributed by atoms with Crippen LogP contribution in [0, 0.1) is 0 Å². The van der Waals surface area contributed by atoms with E-state index in [1.807, 2.05) is 0 Å². The summed E-state index contributed by atoms with van der Waals surface area (Å²) in [5, 5.41) is 21.4. The van der Waals surface area contributed by atoms with E-state index in [0.29, 0.717) is 11.3 Å². The van der Waals surface area contributed by atoms with Crippen molar-refractivity contribution in [2.75, 3.05) is 11.2 Å². The van der Waals surface area contributed by atoms with Gasteiger partial charge in [-0.15, -0.1) is 11.6 Å². The van der Waals surface area contributed by atoms with Gasteiger partial charge >= 0.3 is 6.03 Å². The molecule has 5 nitrogen and oxygen atoms in total. The number of nitrogens with one attached hydrogen (secondary N) is 1. The number of benzene rings is 1. The largest absolute Gasteiger partial charge is 0.389 e. The molecule has 1 rings (SSSR count). The Morgan fingerprint density at radius 3 is 2.75 bits per heavy atom. The highest BCUT2D eigenvalue weighted by atomic mass is 35.5. The molecule has 5 N–H and O–H groups in total. The Morgan fingerprint density at radius 2 is 2.19 bits per heavy atom. The molecule has 0 saturated heterocycles. The van der Waals surface area contributed by atoms with Gasteiger partial charge in [0.15, 0.2) is 0 Å². The van der Waals surface area contributed by atoms with Crippen molar-refractivity contribution in [3.8, 4) is 0 Å². The third-order valence-electron chi connectivity index (χ3n) is 2.02. The van der Waals surface area contributed by atoms with Gasteiger partial charge in [-0.3, -0.25) is 0 Å². The average Bonchev–Trinajstić information content (AvgIpc) is 2.26. The molecule has 0 saturated carbocycles. The molecule has 2 unspecified atom stereocenters. The first-order valence-corrected chi connectivity index (χ1v) is 5.16. The molecule has 2 atom stereocenters. The van der Waals surface area contributed by atoms with Crippen molar-refractivity contribution in [2.24, 2.45) is 5.73 Å². The van der Waals surface area contributed by atoms with E-state index < -0.39 is 18.2 Å². The van der Waals surface area contributed by atoms with Crippen molar-refractivity contribution < 1.29 is 15.0 Å². The van der Waals surface area contributed by atoms with Gasteiger partial charge in [-0.05, 0) is 17.7 Å². The maximum absolute atomic E-state index is 10.6. The van der Waals surface area contributed by atoms with Crippen LogP contribution < -0.4 is 11.1 Å². The van der Waals surface area contributed by atoms with Crippen molar-refractivity contribution >= 4 is 23.3 Å². The van der Waals surface area contributed by atoms with Crippen LogP contribution in [0.15, 0.2) is 24.3 Å². The monoisotopic (exact) mass is 244 g/mol. The standard InChI is InChI=1S/C10H13ClN2O3/c11-5-8(14)9(15)6-2-1-3-7(4-6)13-10(12)16/h1-4,8-9,14-15H,5H2,(H3,12,13,16). The van der Waals surface area contributed by atoms with Gasteiger partial charge in [-0.1, -0.05) is 12.1 Å². The molecule has 88 valence electrons. The zero-order valence-corrected chi connectivity index (χ0v) is 9.19. The normalized spacial score (nSPS) is 14.2. The Morgan fingerprint density at radius 1 is 1.50 bits per heavy atom. The number of anilines is 1. The molecule has 1 aromatic rings. The summed E-state index contributed by atoms with van der Waals surface area (Å²) < 4.78 is 0. The van der Waals surface area contributed by atoms with Crippen molar-refractivity contribution in [1.82, 2.24) is 0 Å². The van der Waals surface area contributed by atoms with E-state index >= 15 is 0 Å². The smallest absolute Gasteiger partial charge is 0.316 e. The molecule has 16 heavy (non-hydrogen) atoms. The molecule has 0 aromatic heterocycles. The number of alkyl halides is 1. The van der Waals surface area contributed by atoms with Crippen LogP contribution in [0.25, 0.3) is 0 Å². The van der Waals surface area contributed by atoms with E-state index in [0.717, 1.165) is 0 Å². The minimum absolute atomic E-state index is 0.0748. The van der Waals surface area contributed by atoms with Gasteiger partial charge in [-0.2, -0.15) is 0 Å². The zero-order valence-electron chi connectivity index (χ0n) is 8.43. The SMILES string of the molecule is NC(=O)Nc1cccc(C(O)C(O)CCl)c1. The summed E-state index contributed by atoms with van der Waals surface area (Å²) in [4.78, 5) is 10.6. The molecule has 6 heteroatoms. The van der Waals surface area contributed by atoms with E-state index in [9.17, 15) is 15.0 Å². The van der Waals surface area contributed by atoms with Crippen LogP contribution in [-0.2, 0) is 0 Å². The second kappa shape index (κ2) is 5.69. The summed E-state index contributed by atoms with van der Waals surface area (Å²) in [6.07, 6.45) is -2.14. The summed E-state index contributed by atoms with van der Waals surface area (Å²) in [5.74, 6) is -0.0748. The molecule has 0 spiro atoms. The maximum atomic E-state index is 10.6. The van der Waals surface area contributed by atoms with Crippen LogP contribution >= 0.6 is 11.6 Å². The highest BCUT2D eigenvalue weighted by Crippen LogP contribution is 2.20. The van der Waals surface area contributed by atoms with E-state index in [4.69, 9.17) is 17.3 Å². The first-order valence-electron chi connectivity index (χ1n) is 4.63. The lowest BCUT2D eigenvalue weighted by Gasteiger charge is -2.16. The Hall–Kier alpha value is -1.30. The van der Waals surface area contributed by atoms with Gasteiger partial charge in [0.05, 0.1) is 12.0 Å². The van der Waals surface area contributed by atoms with Crippen molar-refractivity contribution in [3.63, 3.8) is 0 Å². The first-order chi connectivity index (χ1) is 7.54. The highest BCUT2D eigenvalue weighted by Gasteiger charge is 2.17. The number of aliphatic hydroxyl groups is 2. The molecular formula is C10H13ClN2O3. The van der Waals surface area contributed by atoms with Gasteiger partial charge in [0.1, 0.15) is 6.10 Å². The van der Waals surface area contributed by atoms with E-state index in [1.165, 1.54) is 6.07 Å². The van der Waals surface area contributed by atoms with E-state index in [1.54, 1.807) is 18.2 Å². The van der Waals surface area contributed by atoms with Gasteiger partial charge < -0.3 is 21.3 Å². The molecule has 2 amide bonds. The summed E-state index contributed by atoms with van der Waals surface area (Å²) in [6.45, 7) is 0. The number of urea groups is 1. The van der Waals surface area contributed by atoms with E-state index in [-0.39, 0.29) is 5.88 Å². The Kier molecular flexibility index (Phi) is 4.54. The fourth-order valence-corrected chi connectivity index (χ4v) is 1.42. The summed E-state index contributed by atoms with van der Waals surface area (Å²) >= 11 is 5.42. The number of hydrogen-bond donors (Lipinski definition) is 4. The Balaban J connectivity index is 2.85. The zero-order chi connectivity index (χ0) is 12.1. The van der Waals surface area contributed by atoms with Gasteiger partial charge in [-0.25, -0.2) is 4.79 Å². The minimum Gasteiger partial charge on any atom is -0.389 e. The van der Waals surface area contributed by atoms with Crippen LogP contribution in [0.4, 0.5) is 10.5 Å². The molecule has 0 aliphatic heterocycles. The second-order valence-electron chi connectivity index (χ2n) is 3.28. The second-order valence-corrected chi connectivity index (χ2v) is 3.59. The lowest BCUT2D eigenvalue weighted by Crippen LogP contribution is -2.21. The number of primary amides is 1. The average molecular weight is 245 g/mol. The van der Waals surface area contributed by atoms with Crippen LogP contribution in [0.3, 0.4) is 0 Å². The lowest BCUT2D eigenvalue weighted by molar-refractivity contribution is 0.0327. The Bertz CT molecular complexity index is 373. The molecule has 0 bridgehead atoms. The quantitative estimate of drug-likeness (QED) is 0.590. The van der Waals surface area contributed by atoms with Crippen molar-refractivity contribution in [1.29, 1.82) is 0 Å². The third-order valence-corrected chi connectivity index (χ3v) is 2.33. The number of carbonyl (C=O) groups is 1. The molecular weight excluding hydrogens is 232 g/mol. The predicted octanol–water partition coefficient (Wildman–Crippen LogP) is 0.810. The van der Waals surface area contributed by atoms with Crippen LogP contribution in [-0.4, -0.2) is 28.2 Å². The fourth-order valence-electron chi connectivity index (χ4n) is 1.25. The Labute approximate surface area is 97.8 Å². The molecule has 0 heterocycles. The topological polar surface area (TPSA) is 95.6 Å². The molecule has 0 radical (unpaired) electrons. The number of hydrogen-bond acceptors (Lipinski definition) is 3. The number of aliphatic hydroxyl groups excluding tert-OH is 2. The van der Waals surface area contributed by atoms with Crippen LogP contribution in [0.2, 0.25) is 0 Å². The van der Waals surface area contributed by atoms with Crippen LogP contribution in [0.1, 0.15) is 11.7 Å². The van der Waals surface area contributed by atoms with Crippen LogP contribution in [0.5, 0.6) is 0 Å². The number of rotatable bonds is 4. The number of carbonyl (C=O) groups excluding carboxylic acids is 1. The van der Waals surface area contributed by atoms with Gasteiger partial charge in [0.25, 0.3) is 0 Å². The maximum Gasteiger partial charge on any atom is 0.316 e. The lowest BCUT2D eigenvalue weighted by atomic mass is 10.0. The third kappa shape index (κ3) is 3.37. The summed E-state index contributed by atoms with van der Waals surface area (Å²) in [7, 11) is 0. The van der Waals surface area contributed by atoms with Crippen molar-refractivity contribution in [3.05, 3.63) is 29.8 Å². The fraction of sp³-hybridized carbons (Fsp3) is 0.300. The first kappa shape index (κ1) is 12.8. The number of nitrogens with two attached hydrogens (primary N) is 1. The molecule has 0 fully saturated rings. The minimum atomic E-state index is -1.09. The van der Waals surface area contributed by atoms with Crippen molar-refractivity contribution in [2.45, 2.75) is 12.2 Å². The summed E-state index contributed by atoms with van der Waals surface area (Å²) in [6, 6.07) is 5.70. The molecule has 0 aliphatic carbocycles. The van der Waals surface area contributed by atoms with Gasteiger partial charge in [0, 0.05) is 5.69 Å². The highest BCUT2D eigenvalue weighted by molar-refractivity contribution is 6.18. The number of halogens is 1. The van der Waals surface area contributed by atoms with Gasteiger partial charge in [0.2, 0.25) is 0 Å².